The molecule has 1 aliphatic heterocycles. The highest BCUT2D eigenvalue weighted by molar-refractivity contribution is 8.18. The Morgan fingerprint density at radius 2 is 1.69 bits per heavy atom. The molecule has 1 heterocycles. The summed E-state index contributed by atoms with van der Waals surface area (Å²) in [7, 11) is 0. The van der Waals surface area contributed by atoms with Crippen molar-refractivity contribution in [3.05, 3.63) is 40.6 Å². The van der Waals surface area contributed by atoms with Crippen LogP contribution < -0.4 is 10.6 Å². The third-order valence-corrected chi connectivity index (χ3v) is 8.78. The van der Waals surface area contributed by atoms with Crippen LogP contribution in [-0.4, -0.2) is 47.5 Å². The van der Waals surface area contributed by atoms with Crippen molar-refractivity contribution >= 4 is 40.8 Å². The minimum atomic E-state index is -0.513. The van der Waals surface area contributed by atoms with Gasteiger partial charge in [0, 0.05) is 25.1 Å². The predicted molar refractivity (Wildman–Crippen MR) is 130 cm³/mol. The zero-order valence-electron chi connectivity index (χ0n) is 19.6. The molecule has 1 saturated heterocycles. The normalized spacial score (nSPS) is 30.3. The van der Waals surface area contributed by atoms with Gasteiger partial charge < -0.3 is 10.6 Å². The highest BCUT2D eigenvalue weighted by atomic mass is 32.2. The number of hydrogen-bond acceptors (Lipinski definition) is 5. The summed E-state index contributed by atoms with van der Waals surface area (Å²) in [4.78, 5) is 50.8. The lowest BCUT2D eigenvalue weighted by Crippen LogP contribution is -2.48. The second-order valence-corrected chi connectivity index (χ2v) is 11.6. The number of carbonyl (C=O) groups is 4. The van der Waals surface area contributed by atoms with Crippen LogP contribution in [0.3, 0.4) is 0 Å². The molecule has 1 aromatic carbocycles. The summed E-state index contributed by atoms with van der Waals surface area (Å²) in [5, 5.41) is 4.93. The number of benzene rings is 1. The Morgan fingerprint density at radius 3 is 2.34 bits per heavy atom. The molecule has 5 aliphatic rings. The van der Waals surface area contributed by atoms with Gasteiger partial charge in [-0.25, -0.2) is 4.39 Å². The average Bonchev–Trinajstić information content (AvgIpc) is 3.05. The highest BCUT2D eigenvalue weighted by Crippen LogP contribution is 2.61. The topological polar surface area (TPSA) is 95.6 Å². The van der Waals surface area contributed by atoms with Crippen molar-refractivity contribution in [1.82, 2.24) is 15.5 Å². The summed E-state index contributed by atoms with van der Waals surface area (Å²) in [5.74, 6) is 0.887. The third-order valence-electron chi connectivity index (χ3n) is 7.87. The van der Waals surface area contributed by atoms with Gasteiger partial charge in [0.1, 0.15) is 5.82 Å². The molecule has 2 N–H and O–H groups in total. The van der Waals surface area contributed by atoms with Crippen LogP contribution in [0.4, 0.5) is 9.18 Å². The van der Waals surface area contributed by atoms with E-state index in [2.05, 4.69) is 10.6 Å². The molecule has 4 saturated carbocycles. The molecule has 7 nitrogen and oxygen atoms in total. The predicted octanol–water partition coefficient (Wildman–Crippen LogP) is 3.70. The summed E-state index contributed by atoms with van der Waals surface area (Å²) in [6.45, 7) is -0.0405. The molecule has 0 radical (unpaired) electrons. The Bertz CT molecular complexity index is 1050. The van der Waals surface area contributed by atoms with Crippen molar-refractivity contribution < 1.29 is 23.6 Å². The van der Waals surface area contributed by atoms with Crippen LogP contribution in [0.1, 0.15) is 50.5 Å². The Hall–Kier alpha value is -2.68. The maximum atomic E-state index is 13.9. The number of hydrogen-bond donors (Lipinski definition) is 2. The molecule has 1 aromatic rings. The minimum Gasteiger partial charge on any atom is -0.353 e. The molecule has 4 aliphatic carbocycles. The lowest BCUT2D eigenvalue weighted by atomic mass is 9.49. The molecule has 6 rings (SSSR count). The molecule has 9 heteroatoms. The van der Waals surface area contributed by atoms with Crippen LogP contribution in [0.25, 0.3) is 6.08 Å². The number of thioether (sulfide) groups is 1. The average molecular weight is 500 g/mol. The van der Waals surface area contributed by atoms with Gasteiger partial charge in [0.05, 0.1) is 11.4 Å². The van der Waals surface area contributed by atoms with E-state index in [9.17, 15) is 23.6 Å². The largest absolute Gasteiger partial charge is 0.353 e. The Morgan fingerprint density at radius 1 is 1.03 bits per heavy atom. The molecule has 4 amide bonds. The first-order valence-electron chi connectivity index (χ1n) is 12.3. The van der Waals surface area contributed by atoms with Crippen LogP contribution in [0.15, 0.2) is 29.2 Å². The highest BCUT2D eigenvalue weighted by Gasteiger charge is 2.51. The van der Waals surface area contributed by atoms with E-state index < -0.39 is 17.0 Å². The molecule has 4 bridgehead atoms. The summed E-state index contributed by atoms with van der Waals surface area (Å²) >= 11 is 0.747. The second kappa shape index (κ2) is 9.76. The van der Waals surface area contributed by atoms with Crippen LogP contribution in [0.2, 0.25) is 0 Å². The van der Waals surface area contributed by atoms with Gasteiger partial charge in [-0.2, -0.15) is 0 Å². The first-order valence-corrected chi connectivity index (χ1v) is 13.2. The van der Waals surface area contributed by atoms with E-state index in [1.807, 2.05) is 0 Å². The number of imide groups is 1. The zero-order valence-corrected chi connectivity index (χ0v) is 20.4. The number of carbonyl (C=O) groups excluding carboxylic acids is 4. The molecule has 5 fully saturated rings. The van der Waals surface area contributed by atoms with Crippen molar-refractivity contribution in [2.75, 3.05) is 19.6 Å². The number of halogens is 1. The lowest BCUT2D eigenvalue weighted by molar-refractivity contribution is -0.131. The quantitative estimate of drug-likeness (QED) is 0.532. The van der Waals surface area contributed by atoms with Crippen molar-refractivity contribution in [3.63, 3.8) is 0 Å². The second-order valence-electron chi connectivity index (χ2n) is 10.6. The fourth-order valence-electron chi connectivity index (χ4n) is 6.88. The number of rotatable bonds is 8. The van der Waals surface area contributed by atoms with Crippen LogP contribution in [0, 0.1) is 29.0 Å². The van der Waals surface area contributed by atoms with E-state index >= 15 is 0 Å². The van der Waals surface area contributed by atoms with Gasteiger partial charge in [-0.1, -0.05) is 18.2 Å². The van der Waals surface area contributed by atoms with E-state index in [1.165, 1.54) is 37.5 Å². The smallest absolute Gasteiger partial charge is 0.293 e. The van der Waals surface area contributed by atoms with Gasteiger partial charge in [-0.05, 0) is 85.6 Å². The fraction of sp³-hybridized carbons (Fsp3) is 0.538. The Kier molecular flexibility index (Phi) is 6.70. The molecule has 0 aromatic heterocycles. The molecule has 186 valence electrons. The van der Waals surface area contributed by atoms with Gasteiger partial charge in [0.15, 0.2) is 0 Å². The number of nitrogens with zero attached hydrogens (tertiary/aromatic N) is 1. The maximum absolute atomic E-state index is 13.9. The monoisotopic (exact) mass is 499 g/mol. The SMILES string of the molecule is O=C(CNC(=O)CC12CC3CC(CC(C3)C1)C2)NCCN1C(=O)S/C(=C\c2ccccc2F)C1=O. The van der Waals surface area contributed by atoms with Crippen molar-refractivity contribution in [3.8, 4) is 0 Å². The number of amides is 4. The minimum absolute atomic E-state index is 0.00619. The summed E-state index contributed by atoms with van der Waals surface area (Å²) in [5.41, 5.74) is 0.354. The van der Waals surface area contributed by atoms with Gasteiger partial charge >= 0.3 is 0 Å². The van der Waals surface area contributed by atoms with Crippen molar-refractivity contribution in [1.29, 1.82) is 0 Å². The van der Waals surface area contributed by atoms with Gasteiger partial charge in [0.25, 0.3) is 11.1 Å². The van der Waals surface area contributed by atoms with E-state index in [0.29, 0.717) is 6.42 Å². The van der Waals surface area contributed by atoms with E-state index in [0.717, 1.165) is 53.7 Å². The first-order chi connectivity index (χ1) is 16.8. The van der Waals surface area contributed by atoms with Crippen LogP contribution in [-0.2, 0) is 14.4 Å². The molecule has 0 spiro atoms. The number of nitrogens with one attached hydrogen (secondary N) is 2. The Balaban J connectivity index is 1.05. The molecule has 0 atom stereocenters. The van der Waals surface area contributed by atoms with Gasteiger partial charge in [-0.15, -0.1) is 0 Å². The maximum Gasteiger partial charge on any atom is 0.293 e. The van der Waals surface area contributed by atoms with Crippen LogP contribution in [0.5, 0.6) is 0 Å². The van der Waals surface area contributed by atoms with E-state index in [-0.39, 0.29) is 47.3 Å². The van der Waals surface area contributed by atoms with E-state index in [1.54, 1.807) is 12.1 Å². The summed E-state index contributed by atoms with van der Waals surface area (Å²) in [6.07, 6.45) is 9.25. The first kappa shape index (κ1) is 24.0. The summed E-state index contributed by atoms with van der Waals surface area (Å²) < 4.78 is 13.9. The summed E-state index contributed by atoms with van der Waals surface area (Å²) in [6, 6.07) is 6.01. The standard InChI is InChI=1S/C26H30FN3O4S/c27-20-4-2-1-3-19(20)10-21-24(33)30(25(34)35-21)6-5-28-23(32)15-29-22(31)14-26-11-16-7-17(12-26)9-18(8-16)13-26/h1-4,10,16-18H,5-9,11-15H2,(H,28,32)(H,29,31)/b21-10-. The van der Waals surface area contributed by atoms with Crippen molar-refractivity contribution in [2.45, 2.75) is 44.9 Å². The molecule has 0 unspecified atom stereocenters. The fourth-order valence-corrected chi connectivity index (χ4v) is 7.74. The third kappa shape index (κ3) is 5.29. The zero-order chi connectivity index (χ0) is 24.6. The van der Waals surface area contributed by atoms with Gasteiger partial charge in [-0.3, -0.25) is 24.1 Å². The molecular formula is C26H30FN3O4S. The van der Waals surface area contributed by atoms with Gasteiger partial charge in [0.2, 0.25) is 11.8 Å². The van der Waals surface area contributed by atoms with Crippen LogP contribution >= 0.6 is 11.8 Å². The molecule has 35 heavy (non-hydrogen) atoms. The molecular weight excluding hydrogens is 469 g/mol. The lowest BCUT2D eigenvalue weighted by Gasteiger charge is -2.56. The van der Waals surface area contributed by atoms with E-state index in [4.69, 9.17) is 0 Å². The Labute approximate surface area is 208 Å². The van der Waals surface area contributed by atoms with Crippen molar-refractivity contribution in [2.24, 2.45) is 23.2 Å².